The number of rotatable bonds is 4. The predicted octanol–water partition coefficient (Wildman–Crippen LogP) is 3.02. The fraction of sp³-hybridized carbons (Fsp3) is 0.333. The minimum Gasteiger partial charge on any atom is -0.410 e. The number of para-hydroxylation sites is 1. The van der Waals surface area contributed by atoms with Crippen molar-refractivity contribution in [3.8, 4) is 5.75 Å². The molecule has 0 N–H and O–H groups in total. The Balaban J connectivity index is 1.43. The quantitative estimate of drug-likeness (QED) is 0.857. The Hall–Kier alpha value is -2.34. The monoisotopic (exact) mass is 344 g/mol. The lowest BCUT2D eigenvalue weighted by Gasteiger charge is -2.34. The Morgan fingerprint density at radius 3 is 2.33 bits per heavy atom. The maximum Gasteiger partial charge on any atom is 0.415 e. The zero-order chi connectivity index (χ0) is 16.8. The maximum atomic E-state index is 12.3. The van der Waals surface area contributed by atoms with Gasteiger partial charge in [0.15, 0.2) is 0 Å². The topological polar surface area (TPSA) is 49.9 Å². The Morgan fingerprint density at radius 1 is 0.958 bits per heavy atom. The van der Waals surface area contributed by atoms with Gasteiger partial charge in [-0.1, -0.05) is 24.3 Å². The van der Waals surface area contributed by atoms with Crippen molar-refractivity contribution in [1.29, 1.82) is 0 Å². The van der Waals surface area contributed by atoms with Crippen LogP contribution in [-0.2, 0) is 11.2 Å². The fourth-order valence-electron chi connectivity index (χ4n) is 2.64. The van der Waals surface area contributed by atoms with Crippen LogP contribution in [0, 0.1) is 0 Å². The molecular formula is C18H20N2O3S. The zero-order valence-corrected chi connectivity index (χ0v) is 14.2. The Bertz CT molecular complexity index is 665. The van der Waals surface area contributed by atoms with Gasteiger partial charge in [0.05, 0.1) is 0 Å². The Labute approximate surface area is 145 Å². The summed E-state index contributed by atoms with van der Waals surface area (Å²) >= 11 is 1.68. The lowest BCUT2D eigenvalue weighted by molar-refractivity contribution is -0.132. The van der Waals surface area contributed by atoms with Crippen molar-refractivity contribution in [2.24, 2.45) is 0 Å². The molecule has 1 aromatic carbocycles. The van der Waals surface area contributed by atoms with E-state index in [0.717, 1.165) is 6.42 Å². The summed E-state index contributed by atoms with van der Waals surface area (Å²) in [6.45, 7) is 2.15. The number of thiophene rings is 1. The fourth-order valence-corrected chi connectivity index (χ4v) is 3.34. The van der Waals surface area contributed by atoms with Crippen molar-refractivity contribution in [1.82, 2.24) is 9.80 Å². The average molecular weight is 344 g/mol. The molecule has 0 spiro atoms. The van der Waals surface area contributed by atoms with Crippen LogP contribution in [0.1, 0.15) is 11.3 Å². The Morgan fingerprint density at radius 2 is 1.67 bits per heavy atom. The number of carbonyl (C=O) groups is 2. The van der Waals surface area contributed by atoms with Gasteiger partial charge in [0, 0.05) is 37.5 Å². The first kappa shape index (κ1) is 16.5. The van der Waals surface area contributed by atoms with Crippen LogP contribution in [0.2, 0.25) is 0 Å². The summed E-state index contributed by atoms with van der Waals surface area (Å²) in [4.78, 5) is 29.1. The first-order valence-corrected chi connectivity index (χ1v) is 8.92. The normalized spacial score (nSPS) is 14.5. The van der Waals surface area contributed by atoms with Gasteiger partial charge in [-0.25, -0.2) is 4.79 Å². The van der Waals surface area contributed by atoms with E-state index >= 15 is 0 Å². The summed E-state index contributed by atoms with van der Waals surface area (Å²) in [5.41, 5.74) is 0. The van der Waals surface area contributed by atoms with Crippen molar-refractivity contribution in [2.75, 3.05) is 26.2 Å². The number of nitrogens with zero attached hydrogens (tertiary/aromatic N) is 2. The molecule has 2 amide bonds. The van der Waals surface area contributed by atoms with E-state index in [1.807, 2.05) is 34.5 Å². The number of piperazine rings is 1. The van der Waals surface area contributed by atoms with Crippen molar-refractivity contribution in [3.63, 3.8) is 0 Å². The highest BCUT2D eigenvalue weighted by Crippen LogP contribution is 2.14. The third kappa shape index (κ3) is 4.35. The molecule has 126 valence electrons. The number of carbonyl (C=O) groups excluding carboxylic acids is 2. The van der Waals surface area contributed by atoms with Crippen molar-refractivity contribution in [3.05, 3.63) is 52.7 Å². The summed E-state index contributed by atoms with van der Waals surface area (Å²) in [6.07, 6.45) is 0.953. The summed E-state index contributed by atoms with van der Waals surface area (Å²) in [6, 6.07) is 13.1. The van der Waals surface area contributed by atoms with Crippen LogP contribution in [-0.4, -0.2) is 48.0 Å². The van der Waals surface area contributed by atoms with Crippen LogP contribution in [0.25, 0.3) is 0 Å². The molecule has 1 aliphatic rings. The predicted molar refractivity (Wildman–Crippen MR) is 93.3 cm³/mol. The van der Waals surface area contributed by atoms with E-state index in [9.17, 15) is 9.59 Å². The lowest BCUT2D eigenvalue weighted by atomic mass is 10.2. The summed E-state index contributed by atoms with van der Waals surface area (Å²) in [7, 11) is 0. The minimum atomic E-state index is -0.355. The molecule has 0 saturated carbocycles. The van der Waals surface area contributed by atoms with Crippen LogP contribution >= 0.6 is 11.3 Å². The molecule has 1 saturated heterocycles. The molecular weight excluding hydrogens is 324 g/mol. The molecule has 5 nitrogen and oxygen atoms in total. The van der Waals surface area contributed by atoms with Crippen molar-refractivity contribution >= 4 is 23.3 Å². The highest BCUT2D eigenvalue weighted by atomic mass is 32.1. The van der Waals surface area contributed by atoms with Gasteiger partial charge in [0.2, 0.25) is 5.91 Å². The van der Waals surface area contributed by atoms with Crippen LogP contribution in [0.4, 0.5) is 4.79 Å². The molecule has 24 heavy (non-hydrogen) atoms. The van der Waals surface area contributed by atoms with E-state index in [4.69, 9.17) is 4.74 Å². The average Bonchev–Trinajstić information content (AvgIpc) is 3.14. The van der Waals surface area contributed by atoms with Gasteiger partial charge in [-0.05, 0) is 30.0 Å². The van der Waals surface area contributed by atoms with E-state index in [-0.39, 0.29) is 12.0 Å². The van der Waals surface area contributed by atoms with Gasteiger partial charge >= 0.3 is 6.09 Å². The van der Waals surface area contributed by atoms with Gasteiger partial charge < -0.3 is 14.5 Å². The van der Waals surface area contributed by atoms with E-state index in [1.165, 1.54) is 4.88 Å². The van der Waals surface area contributed by atoms with Gasteiger partial charge in [0.1, 0.15) is 5.75 Å². The van der Waals surface area contributed by atoms with Crippen molar-refractivity contribution in [2.45, 2.75) is 12.8 Å². The maximum absolute atomic E-state index is 12.3. The number of benzene rings is 1. The smallest absolute Gasteiger partial charge is 0.410 e. The Kier molecular flexibility index (Phi) is 5.48. The number of hydrogen-bond donors (Lipinski definition) is 0. The van der Waals surface area contributed by atoms with Gasteiger partial charge in [-0.3, -0.25) is 4.79 Å². The van der Waals surface area contributed by atoms with Crippen LogP contribution in [0.3, 0.4) is 0 Å². The molecule has 0 radical (unpaired) electrons. The zero-order valence-electron chi connectivity index (χ0n) is 13.4. The van der Waals surface area contributed by atoms with E-state index in [2.05, 4.69) is 6.07 Å². The number of aryl methyl sites for hydroxylation is 1. The molecule has 2 heterocycles. The second-order valence-electron chi connectivity index (χ2n) is 5.63. The highest BCUT2D eigenvalue weighted by Gasteiger charge is 2.25. The number of hydrogen-bond acceptors (Lipinski definition) is 4. The molecule has 0 unspecified atom stereocenters. The molecule has 0 bridgehead atoms. The van der Waals surface area contributed by atoms with Crippen LogP contribution < -0.4 is 4.74 Å². The lowest BCUT2D eigenvalue weighted by Crippen LogP contribution is -2.51. The van der Waals surface area contributed by atoms with Crippen LogP contribution in [0.15, 0.2) is 47.8 Å². The molecule has 1 aliphatic heterocycles. The van der Waals surface area contributed by atoms with E-state index < -0.39 is 0 Å². The molecule has 1 fully saturated rings. The number of ether oxygens (including phenoxy) is 1. The summed E-state index contributed by atoms with van der Waals surface area (Å²) < 4.78 is 5.33. The second-order valence-corrected chi connectivity index (χ2v) is 6.66. The first-order chi connectivity index (χ1) is 11.7. The summed E-state index contributed by atoms with van der Waals surface area (Å²) in [5.74, 6) is 0.691. The first-order valence-electron chi connectivity index (χ1n) is 8.04. The van der Waals surface area contributed by atoms with Crippen LogP contribution in [0.5, 0.6) is 5.75 Å². The third-order valence-corrected chi connectivity index (χ3v) is 4.94. The molecule has 2 aromatic rings. The molecule has 0 atom stereocenters. The third-order valence-electron chi connectivity index (χ3n) is 4.00. The molecule has 1 aromatic heterocycles. The van der Waals surface area contributed by atoms with Gasteiger partial charge in [-0.2, -0.15) is 0 Å². The van der Waals surface area contributed by atoms with Gasteiger partial charge in [-0.15, -0.1) is 11.3 Å². The highest BCUT2D eigenvalue weighted by molar-refractivity contribution is 7.09. The molecule has 3 rings (SSSR count). The molecule has 6 heteroatoms. The van der Waals surface area contributed by atoms with Gasteiger partial charge in [0.25, 0.3) is 0 Å². The minimum absolute atomic E-state index is 0.152. The van der Waals surface area contributed by atoms with E-state index in [0.29, 0.717) is 38.3 Å². The summed E-state index contributed by atoms with van der Waals surface area (Å²) in [5, 5.41) is 2.02. The van der Waals surface area contributed by atoms with E-state index in [1.54, 1.807) is 28.4 Å². The largest absolute Gasteiger partial charge is 0.415 e. The SMILES string of the molecule is O=C(CCc1cccs1)N1CCN(C(=O)Oc2ccccc2)CC1. The van der Waals surface area contributed by atoms with Crippen molar-refractivity contribution < 1.29 is 14.3 Å². The number of amides is 2. The molecule has 0 aliphatic carbocycles. The standard InChI is InChI=1S/C18H20N2O3S/c21-17(9-8-16-7-4-14-24-16)19-10-12-20(13-11-19)18(22)23-15-5-2-1-3-6-15/h1-7,14H,8-13H2. The second kappa shape index (κ2) is 7.97.